The first-order valence-corrected chi connectivity index (χ1v) is 8.25. The summed E-state index contributed by atoms with van der Waals surface area (Å²) in [7, 11) is -1.66. The van der Waals surface area contributed by atoms with Crippen LogP contribution in [0.2, 0.25) is 18.1 Å². The molecule has 0 aliphatic carbocycles. The van der Waals surface area contributed by atoms with Gasteiger partial charge in [0.05, 0.1) is 6.10 Å². The highest BCUT2D eigenvalue weighted by Crippen LogP contribution is 2.38. The van der Waals surface area contributed by atoms with Crippen LogP contribution in [0.1, 0.15) is 41.5 Å². The van der Waals surface area contributed by atoms with Gasteiger partial charge in [0.25, 0.3) is 0 Å². The summed E-state index contributed by atoms with van der Waals surface area (Å²) in [6, 6.07) is 0. The molecule has 0 saturated heterocycles. The highest BCUT2D eigenvalue weighted by atomic mass is 28.4. The fourth-order valence-electron chi connectivity index (χ4n) is 0.771. The van der Waals surface area contributed by atoms with Gasteiger partial charge < -0.3 is 10.2 Å². The summed E-state index contributed by atoms with van der Waals surface area (Å²) in [5.41, 5.74) is 5.77. The lowest BCUT2D eigenvalue weighted by atomic mass is 10.0. The minimum atomic E-state index is -1.66. The molecule has 0 amide bonds. The zero-order valence-electron chi connectivity index (χ0n) is 11.1. The normalized spacial score (nSPS) is 16.9. The van der Waals surface area contributed by atoms with E-state index in [0.29, 0.717) is 0 Å². The Bertz CT molecular complexity index is 188. The van der Waals surface area contributed by atoms with Gasteiger partial charge in [0, 0.05) is 5.54 Å². The highest BCUT2D eigenvalue weighted by Gasteiger charge is 2.40. The monoisotopic (exact) mass is 217 g/mol. The van der Waals surface area contributed by atoms with Crippen LogP contribution < -0.4 is 5.73 Å². The van der Waals surface area contributed by atoms with Gasteiger partial charge in [-0.25, -0.2) is 0 Å². The Morgan fingerprint density at radius 2 is 1.43 bits per heavy atom. The number of hydrogen-bond acceptors (Lipinski definition) is 2. The largest absolute Gasteiger partial charge is 0.412 e. The van der Waals surface area contributed by atoms with E-state index >= 15 is 0 Å². The van der Waals surface area contributed by atoms with E-state index in [1.165, 1.54) is 0 Å². The molecule has 0 heterocycles. The molecule has 0 aromatic heterocycles. The van der Waals surface area contributed by atoms with Gasteiger partial charge in [0.15, 0.2) is 8.32 Å². The standard InChI is InChI=1S/C11H27NOSi/c1-9(11(5,6)12)13-14(7,8)10(2,3)4/h9H,12H2,1-8H3. The molecule has 0 radical (unpaired) electrons. The van der Waals surface area contributed by atoms with Gasteiger partial charge in [0.1, 0.15) is 0 Å². The second-order valence-electron chi connectivity index (χ2n) is 6.34. The molecule has 0 bridgehead atoms. The smallest absolute Gasteiger partial charge is 0.192 e. The summed E-state index contributed by atoms with van der Waals surface area (Å²) in [4.78, 5) is 0. The maximum atomic E-state index is 6.18. The van der Waals surface area contributed by atoms with Gasteiger partial charge in [-0.3, -0.25) is 0 Å². The Hall–Kier alpha value is 0.137. The van der Waals surface area contributed by atoms with Crippen LogP contribution in [0.5, 0.6) is 0 Å². The predicted molar refractivity (Wildman–Crippen MR) is 66.0 cm³/mol. The molecule has 1 unspecified atom stereocenters. The van der Waals surface area contributed by atoms with Crippen molar-refractivity contribution in [3.8, 4) is 0 Å². The Labute approximate surface area is 90.3 Å². The average molecular weight is 217 g/mol. The first-order valence-electron chi connectivity index (χ1n) is 5.34. The lowest BCUT2D eigenvalue weighted by molar-refractivity contribution is 0.130. The number of hydrogen-bond donors (Lipinski definition) is 1. The molecule has 0 saturated carbocycles. The van der Waals surface area contributed by atoms with Crippen molar-refractivity contribution in [2.24, 2.45) is 5.73 Å². The maximum absolute atomic E-state index is 6.18. The van der Waals surface area contributed by atoms with Crippen LogP contribution in [0, 0.1) is 0 Å². The fourth-order valence-corrected chi connectivity index (χ4v) is 2.31. The summed E-state index contributed by atoms with van der Waals surface area (Å²) in [6.07, 6.45) is 0.114. The molecule has 0 aromatic rings. The van der Waals surface area contributed by atoms with Crippen molar-refractivity contribution in [1.29, 1.82) is 0 Å². The molecule has 1 atom stereocenters. The zero-order chi connectivity index (χ0) is 11.8. The fraction of sp³-hybridized carbons (Fsp3) is 1.00. The maximum Gasteiger partial charge on any atom is 0.192 e. The molecular weight excluding hydrogens is 190 g/mol. The number of nitrogens with two attached hydrogens (primary N) is 1. The van der Waals surface area contributed by atoms with E-state index < -0.39 is 8.32 Å². The lowest BCUT2D eigenvalue weighted by Crippen LogP contribution is -2.52. The van der Waals surface area contributed by atoms with Gasteiger partial charge in [0.2, 0.25) is 0 Å². The Morgan fingerprint density at radius 1 is 1.07 bits per heavy atom. The van der Waals surface area contributed by atoms with Crippen LogP contribution in [0.25, 0.3) is 0 Å². The van der Waals surface area contributed by atoms with E-state index in [-0.39, 0.29) is 16.7 Å². The highest BCUT2D eigenvalue weighted by molar-refractivity contribution is 6.74. The van der Waals surface area contributed by atoms with Crippen LogP contribution in [0.3, 0.4) is 0 Å². The molecule has 0 aliphatic rings. The lowest BCUT2D eigenvalue weighted by Gasteiger charge is -2.41. The van der Waals surface area contributed by atoms with Crippen LogP contribution in [0.15, 0.2) is 0 Å². The molecule has 0 rings (SSSR count). The van der Waals surface area contributed by atoms with Gasteiger partial charge in [-0.2, -0.15) is 0 Å². The van der Waals surface area contributed by atoms with Gasteiger partial charge >= 0.3 is 0 Å². The molecule has 0 fully saturated rings. The van der Waals surface area contributed by atoms with Crippen molar-refractivity contribution in [3.05, 3.63) is 0 Å². The van der Waals surface area contributed by atoms with Crippen molar-refractivity contribution >= 4 is 8.32 Å². The van der Waals surface area contributed by atoms with Gasteiger partial charge in [-0.05, 0) is 38.9 Å². The molecule has 2 nitrogen and oxygen atoms in total. The average Bonchev–Trinajstić information content (AvgIpc) is 1.80. The van der Waals surface area contributed by atoms with E-state index in [0.717, 1.165) is 0 Å². The third kappa shape index (κ3) is 3.71. The van der Waals surface area contributed by atoms with Crippen molar-refractivity contribution < 1.29 is 4.43 Å². The molecule has 14 heavy (non-hydrogen) atoms. The van der Waals surface area contributed by atoms with E-state index in [4.69, 9.17) is 10.2 Å². The third-order valence-electron chi connectivity index (χ3n) is 3.33. The quantitative estimate of drug-likeness (QED) is 0.737. The summed E-state index contributed by atoms with van der Waals surface area (Å²) >= 11 is 0. The minimum absolute atomic E-state index is 0.114. The van der Waals surface area contributed by atoms with Gasteiger partial charge in [-0.15, -0.1) is 0 Å². The molecule has 2 N–H and O–H groups in total. The number of rotatable bonds is 3. The molecular formula is C11H27NOSi. The second-order valence-corrected chi connectivity index (χ2v) is 11.1. The Balaban J connectivity index is 4.53. The molecule has 0 aromatic carbocycles. The molecule has 0 spiro atoms. The first kappa shape index (κ1) is 14.1. The zero-order valence-corrected chi connectivity index (χ0v) is 12.1. The summed E-state index contributed by atoms with van der Waals surface area (Å²) in [6.45, 7) is 17.4. The Kier molecular flexibility index (Phi) is 3.99. The summed E-state index contributed by atoms with van der Waals surface area (Å²) in [5, 5.41) is 0.256. The van der Waals surface area contributed by atoms with Crippen LogP contribution in [0.4, 0.5) is 0 Å². The predicted octanol–water partition coefficient (Wildman–Crippen LogP) is 3.13. The topological polar surface area (TPSA) is 35.2 Å². The summed E-state index contributed by atoms with van der Waals surface area (Å²) < 4.78 is 6.18. The van der Waals surface area contributed by atoms with Crippen LogP contribution >= 0.6 is 0 Å². The first-order chi connectivity index (χ1) is 5.88. The van der Waals surface area contributed by atoms with Crippen LogP contribution in [-0.2, 0) is 4.43 Å². The van der Waals surface area contributed by atoms with Crippen molar-refractivity contribution in [3.63, 3.8) is 0 Å². The molecule has 3 heteroatoms. The van der Waals surface area contributed by atoms with E-state index in [2.05, 4.69) is 40.8 Å². The SMILES string of the molecule is CC(O[Si](C)(C)C(C)(C)C)C(C)(C)N. The van der Waals surface area contributed by atoms with Crippen LogP contribution in [-0.4, -0.2) is 20.0 Å². The van der Waals surface area contributed by atoms with Crippen molar-refractivity contribution in [2.75, 3.05) is 0 Å². The van der Waals surface area contributed by atoms with E-state index in [1.54, 1.807) is 0 Å². The minimum Gasteiger partial charge on any atom is -0.412 e. The third-order valence-corrected chi connectivity index (χ3v) is 7.88. The Morgan fingerprint density at radius 3 is 1.64 bits per heavy atom. The van der Waals surface area contributed by atoms with E-state index in [1.807, 2.05) is 13.8 Å². The van der Waals surface area contributed by atoms with Crippen molar-refractivity contribution in [2.45, 2.75) is 71.3 Å². The van der Waals surface area contributed by atoms with Crippen molar-refractivity contribution in [1.82, 2.24) is 0 Å². The van der Waals surface area contributed by atoms with E-state index in [9.17, 15) is 0 Å². The summed E-state index contributed by atoms with van der Waals surface area (Å²) in [5.74, 6) is 0. The molecule has 86 valence electrons. The second kappa shape index (κ2) is 3.95. The van der Waals surface area contributed by atoms with Gasteiger partial charge in [-0.1, -0.05) is 20.8 Å². The molecule has 0 aliphatic heterocycles.